The summed E-state index contributed by atoms with van der Waals surface area (Å²) >= 11 is 5.85. The number of rotatable bonds is 3. The Morgan fingerprint density at radius 1 is 1.23 bits per heavy atom. The standard InChI is InChI=1S/C16H16ClN3O2/c1-9-4-5-11(7-13(9)22-3)15(18)20-16(21)12-6-10(2)19-14(17)8-12/h4-8H,1-3H3,(H2,18,20,21). The van der Waals surface area contributed by atoms with Gasteiger partial charge in [-0.2, -0.15) is 4.99 Å². The number of aromatic nitrogens is 1. The normalized spacial score (nSPS) is 11.4. The molecule has 114 valence electrons. The minimum absolute atomic E-state index is 0.119. The van der Waals surface area contributed by atoms with E-state index in [2.05, 4.69) is 9.98 Å². The van der Waals surface area contributed by atoms with Gasteiger partial charge in [-0.25, -0.2) is 4.98 Å². The summed E-state index contributed by atoms with van der Waals surface area (Å²) in [5.41, 5.74) is 8.49. The molecule has 0 saturated carbocycles. The molecule has 2 rings (SSSR count). The second kappa shape index (κ2) is 6.58. The molecule has 0 fully saturated rings. The molecule has 1 amide bonds. The molecule has 0 unspecified atom stereocenters. The largest absolute Gasteiger partial charge is 0.496 e. The van der Waals surface area contributed by atoms with Gasteiger partial charge in [0, 0.05) is 16.8 Å². The average molecular weight is 318 g/mol. The quantitative estimate of drug-likeness (QED) is 0.536. The number of amides is 1. The van der Waals surface area contributed by atoms with Gasteiger partial charge in [0.15, 0.2) is 0 Å². The molecule has 0 bridgehead atoms. The highest BCUT2D eigenvalue weighted by Gasteiger charge is 2.10. The number of hydrogen-bond acceptors (Lipinski definition) is 3. The molecule has 5 nitrogen and oxygen atoms in total. The molecule has 6 heteroatoms. The average Bonchev–Trinajstić information content (AvgIpc) is 2.46. The molecule has 0 aliphatic heterocycles. The van der Waals surface area contributed by atoms with Crippen LogP contribution in [0.15, 0.2) is 35.3 Å². The number of carbonyl (C=O) groups excluding carboxylic acids is 1. The lowest BCUT2D eigenvalue weighted by Crippen LogP contribution is -2.16. The fraction of sp³-hybridized carbons (Fsp3) is 0.188. The Bertz CT molecular complexity index is 737. The first-order valence-electron chi connectivity index (χ1n) is 6.58. The van der Waals surface area contributed by atoms with Gasteiger partial charge in [-0.05, 0) is 37.6 Å². The number of amidine groups is 1. The van der Waals surface area contributed by atoms with E-state index in [9.17, 15) is 4.79 Å². The van der Waals surface area contributed by atoms with E-state index in [1.54, 1.807) is 32.2 Å². The number of pyridine rings is 1. The van der Waals surface area contributed by atoms with Gasteiger partial charge in [0.05, 0.1) is 7.11 Å². The molecule has 22 heavy (non-hydrogen) atoms. The van der Waals surface area contributed by atoms with Gasteiger partial charge in [-0.1, -0.05) is 23.7 Å². The summed E-state index contributed by atoms with van der Waals surface area (Å²) in [6.45, 7) is 3.67. The predicted octanol–water partition coefficient (Wildman–Crippen LogP) is 2.91. The van der Waals surface area contributed by atoms with Crippen molar-refractivity contribution in [2.24, 2.45) is 10.7 Å². The number of aryl methyl sites for hydroxylation is 2. The number of nitrogens with two attached hydrogens (primary N) is 1. The molecule has 1 heterocycles. The third kappa shape index (κ3) is 3.62. The first kappa shape index (κ1) is 16.0. The highest BCUT2D eigenvalue weighted by atomic mass is 35.5. The summed E-state index contributed by atoms with van der Waals surface area (Å²) in [7, 11) is 1.58. The van der Waals surface area contributed by atoms with Crippen LogP contribution in [0.3, 0.4) is 0 Å². The Labute approximate surface area is 133 Å². The number of nitrogens with zero attached hydrogens (tertiary/aromatic N) is 2. The van der Waals surface area contributed by atoms with Gasteiger partial charge in [0.1, 0.15) is 16.7 Å². The zero-order valence-corrected chi connectivity index (χ0v) is 13.3. The maximum absolute atomic E-state index is 12.2. The minimum Gasteiger partial charge on any atom is -0.496 e. The van der Waals surface area contributed by atoms with Crippen molar-refractivity contribution in [3.63, 3.8) is 0 Å². The molecular formula is C16H16ClN3O2. The highest BCUT2D eigenvalue weighted by molar-refractivity contribution is 6.29. The van der Waals surface area contributed by atoms with Crippen LogP contribution in [0.25, 0.3) is 0 Å². The summed E-state index contributed by atoms with van der Waals surface area (Å²) in [5.74, 6) is 0.337. The van der Waals surface area contributed by atoms with E-state index in [-0.39, 0.29) is 11.0 Å². The van der Waals surface area contributed by atoms with E-state index in [1.165, 1.54) is 6.07 Å². The van der Waals surface area contributed by atoms with E-state index < -0.39 is 5.91 Å². The predicted molar refractivity (Wildman–Crippen MR) is 86.8 cm³/mol. The Hall–Kier alpha value is -2.40. The molecule has 0 saturated heterocycles. The van der Waals surface area contributed by atoms with Crippen LogP contribution < -0.4 is 10.5 Å². The van der Waals surface area contributed by atoms with Crippen molar-refractivity contribution in [1.29, 1.82) is 0 Å². The van der Waals surface area contributed by atoms with E-state index in [4.69, 9.17) is 22.1 Å². The van der Waals surface area contributed by atoms with Gasteiger partial charge in [0.2, 0.25) is 0 Å². The molecule has 0 atom stereocenters. The maximum Gasteiger partial charge on any atom is 0.279 e. The second-order valence-electron chi connectivity index (χ2n) is 4.81. The minimum atomic E-state index is -0.468. The van der Waals surface area contributed by atoms with Crippen molar-refractivity contribution in [2.75, 3.05) is 7.11 Å². The third-order valence-corrected chi connectivity index (χ3v) is 3.29. The number of hydrogen-bond donors (Lipinski definition) is 1. The summed E-state index contributed by atoms with van der Waals surface area (Å²) in [5, 5.41) is 0.245. The van der Waals surface area contributed by atoms with Crippen LogP contribution in [0.5, 0.6) is 5.75 Å². The van der Waals surface area contributed by atoms with Crippen molar-refractivity contribution in [1.82, 2.24) is 4.98 Å². The Balaban J connectivity index is 2.33. The van der Waals surface area contributed by atoms with Crippen LogP contribution in [0.2, 0.25) is 5.15 Å². The van der Waals surface area contributed by atoms with Crippen LogP contribution in [-0.4, -0.2) is 23.8 Å². The lowest BCUT2D eigenvalue weighted by atomic mass is 10.1. The lowest BCUT2D eigenvalue weighted by Gasteiger charge is -2.07. The first-order valence-corrected chi connectivity index (χ1v) is 6.96. The van der Waals surface area contributed by atoms with E-state index >= 15 is 0 Å². The molecule has 0 spiro atoms. The third-order valence-electron chi connectivity index (χ3n) is 3.09. The smallest absolute Gasteiger partial charge is 0.279 e. The van der Waals surface area contributed by atoms with Gasteiger partial charge in [0.25, 0.3) is 5.91 Å². The first-order chi connectivity index (χ1) is 10.4. The van der Waals surface area contributed by atoms with Crippen LogP contribution in [0, 0.1) is 13.8 Å². The highest BCUT2D eigenvalue weighted by Crippen LogP contribution is 2.19. The molecular weight excluding hydrogens is 302 g/mol. The van der Waals surface area contributed by atoms with Crippen LogP contribution in [0.4, 0.5) is 0 Å². The van der Waals surface area contributed by atoms with E-state index in [0.29, 0.717) is 22.6 Å². The zero-order valence-electron chi connectivity index (χ0n) is 12.6. The van der Waals surface area contributed by atoms with E-state index in [1.807, 2.05) is 13.0 Å². The van der Waals surface area contributed by atoms with Gasteiger partial charge in [-0.15, -0.1) is 0 Å². The SMILES string of the molecule is COc1cc(C(N)=NC(=O)c2cc(C)nc(Cl)c2)ccc1C. The molecule has 0 aliphatic carbocycles. The number of benzene rings is 1. The maximum atomic E-state index is 12.2. The number of halogens is 1. The van der Waals surface area contributed by atoms with Gasteiger partial charge >= 0.3 is 0 Å². The van der Waals surface area contributed by atoms with Gasteiger partial charge < -0.3 is 10.5 Å². The van der Waals surface area contributed by atoms with Crippen LogP contribution in [0.1, 0.15) is 27.2 Å². The fourth-order valence-corrected chi connectivity index (χ4v) is 2.22. The van der Waals surface area contributed by atoms with E-state index in [0.717, 1.165) is 5.56 Å². The molecule has 0 radical (unpaired) electrons. The van der Waals surface area contributed by atoms with Crippen molar-refractivity contribution in [2.45, 2.75) is 13.8 Å². The number of carbonyl (C=O) groups is 1. The van der Waals surface area contributed by atoms with Crippen LogP contribution in [-0.2, 0) is 0 Å². The molecule has 2 N–H and O–H groups in total. The number of methoxy groups -OCH3 is 1. The zero-order chi connectivity index (χ0) is 16.3. The van der Waals surface area contributed by atoms with Gasteiger partial charge in [-0.3, -0.25) is 4.79 Å². The van der Waals surface area contributed by atoms with Crippen LogP contribution >= 0.6 is 11.6 Å². The number of ether oxygens (including phenoxy) is 1. The molecule has 0 aliphatic rings. The van der Waals surface area contributed by atoms with Crippen molar-refractivity contribution in [3.05, 3.63) is 57.9 Å². The monoisotopic (exact) mass is 317 g/mol. The Morgan fingerprint density at radius 2 is 1.95 bits per heavy atom. The van der Waals surface area contributed by atoms with Crippen molar-refractivity contribution >= 4 is 23.3 Å². The Morgan fingerprint density at radius 3 is 2.59 bits per heavy atom. The molecule has 2 aromatic rings. The Kier molecular flexibility index (Phi) is 4.78. The fourth-order valence-electron chi connectivity index (χ4n) is 1.97. The van der Waals surface area contributed by atoms with Crippen molar-refractivity contribution in [3.8, 4) is 5.75 Å². The summed E-state index contributed by atoms with van der Waals surface area (Å²) in [6.07, 6.45) is 0. The molecule has 1 aromatic heterocycles. The molecule has 1 aromatic carbocycles. The summed E-state index contributed by atoms with van der Waals surface area (Å²) < 4.78 is 5.24. The topological polar surface area (TPSA) is 77.6 Å². The lowest BCUT2D eigenvalue weighted by molar-refractivity contribution is 0.100. The second-order valence-corrected chi connectivity index (χ2v) is 5.19. The summed E-state index contributed by atoms with van der Waals surface area (Å²) in [4.78, 5) is 20.1. The summed E-state index contributed by atoms with van der Waals surface area (Å²) in [6, 6.07) is 8.46. The number of aliphatic imine (C=N–C) groups is 1. The van der Waals surface area contributed by atoms with Crippen molar-refractivity contribution < 1.29 is 9.53 Å².